The number of carbonyl (C=O) groups is 3. The van der Waals surface area contributed by atoms with Gasteiger partial charge in [-0.2, -0.15) is 0 Å². The molecule has 0 unspecified atom stereocenters. The maximum atomic E-state index is 12.4. The standard InChI is InChI=1S/C16H12ClNO5S2/c17-10(6-9-4-2-1-3-5-9)7-12-14(21)18(16(24)25-12)11(15(22)23)8-13(19)20/h1-7,11H,8H2,(H,19,20)(H,22,23)/b10-6-,12-7-/t11-/m0/s1. The summed E-state index contributed by atoms with van der Waals surface area (Å²) in [4.78, 5) is 35.5. The van der Waals surface area contributed by atoms with Crippen LogP contribution in [0.1, 0.15) is 12.0 Å². The van der Waals surface area contributed by atoms with E-state index in [1.165, 1.54) is 6.08 Å². The average Bonchev–Trinajstić information content (AvgIpc) is 2.79. The molecule has 0 aliphatic carbocycles. The lowest BCUT2D eigenvalue weighted by Crippen LogP contribution is -2.45. The number of thiocarbonyl (C=S) groups is 1. The molecule has 1 aromatic rings. The normalized spacial score (nSPS) is 17.9. The van der Waals surface area contributed by atoms with Crippen LogP contribution in [0.5, 0.6) is 0 Å². The fourth-order valence-electron chi connectivity index (χ4n) is 2.08. The number of allylic oxidation sites excluding steroid dienone is 2. The summed E-state index contributed by atoms with van der Waals surface area (Å²) in [7, 11) is 0. The number of carboxylic acid groups (broad SMARTS) is 2. The highest BCUT2D eigenvalue weighted by Gasteiger charge is 2.41. The molecule has 1 fully saturated rings. The van der Waals surface area contributed by atoms with Crippen molar-refractivity contribution in [3.8, 4) is 0 Å². The van der Waals surface area contributed by atoms with E-state index in [0.717, 1.165) is 22.2 Å². The Kier molecular flexibility index (Phi) is 6.35. The Balaban J connectivity index is 2.26. The molecular weight excluding hydrogens is 386 g/mol. The minimum atomic E-state index is -1.56. The van der Waals surface area contributed by atoms with E-state index in [-0.39, 0.29) is 14.3 Å². The predicted molar refractivity (Wildman–Crippen MR) is 99.1 cm³/mol. The molecule has 6 nitrogen and oxygen atoms in total. The maximum Gasteiger partial charge on any atom is 0.327 e. The van der Waals surface area contributed by atoms with Crippen LogP contribution in [0, 0.1) is 0 Å². The van der Waals surface area contributed by atoms with Crippen LogP contribution in [0.25, 0.3) is 6.08 Å². The summed E-state index contributed by atoms with van der Waals surface area (Å²) in [5.74, 6) is -3.46. The molecule has 0 bridgehead atoms. The zero-order chi connectivity index (χ0) is 18.6. The molecule has 9 heteroatoms. The lowest BCUT2D eigenvalue weighted by molar-refractivity contribution is -0.150. The third kappa shape index (κ3) is 4.91. The topological polar surface area (TPSA) is 94.9 Å². The van der Waals surface area contributed by atoms with Gasteiger partial charge in [0.05, 0.1) is 11.3 Å². The van der Waals surface area contributed by atoms with Gasteiger partial charge in [0, 0.05) is 5.03 Å². The Morgan fingerprint density at radius 3 is 2.48 bits per heavy atom. The molecule has 1 aliphatic rings. The third-order valence-corrected chi connectivity index (χ3v) is 4.71. The van der Waals surface area contributed by atoms with Crippen molar-refractivity contribution in [2.45, 2.75) is 12.5 Å². The second-order valence-electron chi connectivity index (χ2n) is 4.94. The molecule has 25 heavy (non-hydrogen) atoms. The number of rotatable bonds is 6. The molecule has 0 saturated carbocycles. The van der Waals surface area contributed by atoms with Gasteiger partial charge in [-0.25, -0.2) is 4.79 Å². The molecule has 1 amide bonds. The quantitative estimate of drug-likeness (QED) is 0.562. The lowest BCUT2D eigenvalue weighted by atomic mass is 10.2. The number of hydrogen-bond acceptors (Lipinski definition) is 5. The van der Waals surface area contributed by atoms with E-state index in [9.17, 15) is 19.5 Å². The minimum Gasteiger partial charge on any atom is -0.481 e. The van der Waals surface area contributed by atoms with Crippen molar-refractivity contribution in [1.82, 2.24) is 4.90 Å². The average molecular weight is 398 g/mol. The first-order valence-corrected chi connectivity index (χ1v) is 8.53. The van der Waals surface area contributed by atoms with Crippen molar-refractivity contribution in [3.63, 3.8) is 0 Å². The molecule has 1 atom stereocenters. The number of thioether (sulfide) groups is 1. The van der Waals surface area contributed by atoms with E-state index >= 15 is 0 Å². The summed E-state index contributed by atoms with van der Waals surface area (Å²) >= 11 is 12.0. The first-order valence-electron chi connectivity index (χ1n) is 6.93. The molecule has 0 radical (unpaired) electrons. The predicted octanol–water partition coefficient (Wildman–Crippen LogP) is 2.94. The zero-order valence-electron chi connectivity index (χ0n) is 12.6. The molecule has 1 aliphatic heterocycles. The van der Waals surface area contributed by atoms with Gasteiger partial charge in [-0.15, -0.1) is 0 Å². The number of aliphatic carboxylic acids is 2. The maximum absolute atomic E-state index is 12.4. The smallest absolute Gasteiger partial charge is 0.327 e. The number of amides is 1. The van der Waals surface area contributed by atoms with Gasteiger partial charge in [-0.1, -0.05) is 65.9 Å². The van der Waals surface area contributed by atoms with Crippen LogP contribution in [0.3, 0.4) is 0 Å². The number of halogens is 1. The van der Waals surface area contributed by atoms with E-state index in [1.807, 2.05) is 30.3 Å². The van der Waals surface area contributed by atoms with Crippen molar-refractivity contribution in [1.29, 1.82) is 0 Å². The monoisotopic (exact) mass is 397 g/mol. The molecule has 2 N–H and O–H groups in total. The number of carbonyl (C=O) groups excluding carboxylic acids is 1. The molecule has 1 saturated heterocycles. The second kappa shape index (κ2) is 8.28. The van der Waals surface area contributed by atoms with Crippen LogP contribution in [0.15, 0.2) is 46.3 Å². The van der Waals surface area contributed by atoms with Crippen LogP contribution < -0.4 is 0 Å². The Labute approximate surface area is 157 Å². The summed E-state index contributed by atoms with van der Waals surface area (Å²) in [5, 5.41) is 18.3. The van der Waals surface area contributed by atoms with Crippen molar-refractivity contribution in [2.75, 3.05) is 0 Å². The highest BCUT2D eigenvalue weighted by molar-refractivity contribution is 8.26. The van der Waals surface area contributed by atoms with E-state index < -0.39 is 30.3 Å². The minimum absolute atomic E-state index is 0.0194. The largest absolute Gasteiger partial charge is 0.481 e. The molecule has 130 valence electrons. The molecule has 0 aromatic heterocycles. The summed E-state index contributed by atoms with van der Waals surface area (Å²) in [6, 6.07) is 7.61. The first-order chi connectivity index (χ1) is 11.8. The fourth-order valence-corrected chi connectivity index (χ4v) is 3.73. The number of hydrogen-bond donors (Lipinski definition) is 2. The lowest BCUT2D eigenvalue weighted by Gasteiger charge is -2.21. The van der Waals surface area contributed by atoms with Crippen LogP contribution in [-0.2, 0) is 14.4 Å². The van der Waals surface area contributed by atoms with Gasteiger partial charge in [0.15, 0.2) is 0 Å². The van der Waals surface area contributed by atoms with E-state index in [4.69, 9.17) is 28.9 Å². The van der Waals surface area contributed by atoms with E-state index in [0.29, 0.717) is 0 Å². The van der Waals surface area contributed by atoms with Crippen molar-refractivity contribution < 1.29 is 24.6 Å². The van der Waals surface area contributed by atoms with Crippen molar-refractivity contribution in [3.05, 3.63) is 51.9 Å². The van der Waals surface area contributed by atoms with Crippen LogP contribution in [-0.4, -0.2) is 43.3 Å². The van der Waals surface area contributed by atoms with Crippen LogP contribution in [0.2, 0.25) is 0 Å². The number of nitrogens with zero attached hydrogens (tertiary/aromatic N) is 1. The number of benzene rings is 1. The van der Waals surface area contributed by atoms with Gasteiger partial charge >= 0.3 is 11.9 Å². The molecular formula is C16H12ClNO5S2. The Hall–Kier alpha value is -2.16. The Bertz CT molecular complexity index is 791. The van der Waals surface area contributed by atoms with Crippen molar-refractivity contribution >= 4 is 63.8 Å². The van der Waals surface area contributed by atoms with Crippen molar-refractivity contribution in [2.24, 2.45) is 0 Å². The molecule has 1 aromatic carbocycles. The third-order valence-electron chi connectivity index (χ3n) is 3.16. The Morgan fingerprint density at radius 2 is 1.92 bits per heavy atom. The fraction of sp³-hybridized carbons (Fsp3) is 0.125. The number of carboxylic acids is 2. The van der Waals surface area contributed by atoms with E-state index in [1.54, 1.807) is 6.08 Å². The highest BCUT2D eigenvalue weighted by atomic mass is 35.5. The summed E-state index contributed by atoms with van der Waals surface area (Å²) in [6.07, 6.45) is 2.27. The van der Waals surface area contributed by atoms with Gasteiger partial charge in [0.1, 0.15) is 10.4 Å². The summed E-state index contributed by atoms with van der Waals surface area (Å²) < 4.78 is -0.0194. The van der Waals surface area contributed by atoms with Crippen LogP contribution >= 0.6 is 35.6 Å². The van der Waals surface area contributed by atoms with Gasteiger partial charge in [0.2, 0.25) is 0 Å². The molecule has 0 spiro atoms. The first kappa shape index (κ1) is 19.2. The van der Waals surface area contributed by atoms with E-state index in [2.05, 4.69) is 0 Å². The zero-order valence-corrected chi connectivity index (χ0v) is 15.0. The summed E-state index contributed by atoms with van der Waals surface area (Å²) in [6.45, 7) is 0. The van der Waals surface area contributed by atoms with Gasteiger partial charge in [0.25, 0.3) is 5.91 Å². The van der Waals surface area contributed by atoms with Gasteiger partial charge in [-0.3, -0.25) is 14.5 Å². The van der Waals surface area contributed by atoms with Gasteiger partial charge < -0.3 is 10.2 Å². The SMILES string of the molecule is O=C(O)C[C@@H](C(=O)O)N1C(=O)/C(=C/C(Cl)=C/c2ccccc2)SC1=S. The highest BCUT2D eigenvalue weighted by Crippen LogP contribution is 2.34. The second-order valence-corrected chi connectivity index (χ2v) is 7.06. The molecule has 2 rings (SSSR count). The molecule has 1 heterocycles. The Morgan fingerprint density at radius 1 is 1.28 bits per heavy atom. The van der Waals surface area contributed by atoms with Crippen LogP contribution in [0.4, 0.5) is 0 Å². The summed E-state index contributed by atoms with van der Waals surface area (Å²) in [5.41, 5.74) is 0.827. The van der Waals surface area contributed by atoms with Gasteiger partial charge in [-0.05, 0) is 17.7 Å².